The van der Waals surface area contributed by atoms with Gasteiger partial charge in [-0.1, -0.05) is 17.7 Å². The average Bonchev–Trinajstić information content (AvgIpc) is 2.67. The second kappa shape index (κ2) is 11.7. The molecule has 0 aromatic heterocycles. The molecule has 0 aliphatic heterocycles. The van der Waals surface area contributed by atoms with Gasteiger partial charge in [-0.15, -0.1) is 0 Å². The molecule has 1 aromatic carbocycles. The number of carbonyl (C=O) groups is 1. The highest BCUT2D eigenvalue weighted by atomic mass is 35.5. The van der Waals surface area contributed by atoms with Crippen molar-refractivity contribution in [3.05, 3.63) is 28.8 Å². The Morgan fingerprint density at radius 1 is 1.12 bits per heavy atom. The number of carbonyl (C=O) groups excluding carboxylic acids is 1. The summed E-state index contributed by atoms with van der Waals surface area (Å²) in [6.07, 6.45) is -0.0808. The number of benzene rings is 1. The Bertz CT molecular complexity index is 782. The third kappa shape index (κ3) is 7.11. The molecule has 0 amide bonds. The highest BCUT2D eigenvalue weighted by Gasteiger charge is 2.55. The number of anilines is 1. The van der Waals surface area contributed by atoms with E-state index in [2.05, 4.69) is 0 Å². The van der Waals surface area contributed by atoms with Crippen molar-refractivity contribution >= 4 is 31.9 Å². The van der Waals surface area contributed by atoms with E-state index in [0.717, 1.165) is 0 Å². The fourth-order valence-corrected chi connectivity index (χ4v) is 4.15. The molecule has 1 aromatic rings. The highest BCUT2D eigenvalue weighted by molar-refractivity contribution is 7.17. The molecule has 182 valence electrons. The minimum Gasteiger partial charge on any atom is -0.460 e. The smallest absolute Gasteiger partial charge is 0.328 e. The van der Waals surface area contributed by atoms with Gasteiger partial charge in [0, 0.05) is 25.2 Å². The maximum Gasteiger partial charge on any atom is 0.328 e. The summed E-state index contributed by atoms with van der Waals surface area (Å²) in [6, 6.07) is 4.11. The van der Waals surface area contributed by atoms with Crippen LogP contribution in [0.15, 0.2) is 18.2 Å². The summed E-state index contributed by atoms with van der Waals surface area (Å²) in [7, 11) is -0.612. The number of rotatable bonds is 12. The lowest BCUT2D eigenvalue weighted by molar-refractivity contribution is -0.301. The molecule has 32 heavy (non-hydrogen) atoms. The fourth-order valence-electron chi connectivity index (χ4n) is 3.59. The Kier molecular flexibility index (Phi) is 10.5. The maximum atomic E-state index is 12.8. The molecule has 10 heteroatoms. The minimum absolute atomic E-state index is 0.0808. The summed E-state index contributed by atoms with van der Waals surface area (Å²) in [5.74, 6) is -2.46. The average molecular weight is 491 g/mol. The molecule has 0 aliphatic carbocycles. The van der Waals surface area contributed by atoms with E-state index >= 15 is 0 Å². The molecule has 3 unspecified atom stereocenters. The van der Waals surface area contributed by atoms with Crippen molar-refractivity contribution in [2.75, 3.05) is 18.9 Å². The van der Waals surface area contributed by atoms with Gasteiger partial charge in [0.1, 0.15) is 11.2 Å². The molecule has 4 N–H and O–H groups in total. The van der Waals surface area contributed by atoms with Gasteiger partial charge in [-0.05, 0) is 66.2 Å². The van der Waals surface area contributed by atoms with Crippen LogP contribution >= 0.6 is 20.3 Å². The summed E-state index contributed by atoms with van der Waals surface area (Å²) in [4.78, 5) is 12.8. The molecule has 0 radical (unpaired) electrons. The zero-order valence-corrected chi connectivity index (χ0v) is 21.6. The predicted molar refractivity (Wildman–Crippen MR) is 126 cm³/mol. The van der Waals surface area contributed by atoms with Crippen molar-refractivity contribution in [2.24, 2.45) is 5.73 Å². The second-order valence-corrected chi connectivity index (χ2v) is 9.53. The van der Waals surface area contributed by atoms with Gasteiger partial charge in [-0.2, -0.15) is 0 Å². The maximum absolute atomic E-state index is 12.8. The number of halogens is 1. The van der Waals surface area contributed by atoms with Crippen LogP contribution in [0, 0.1) is 0 Å². The SMILES string of the molecule is CCOC(C)(OCC)C(C)(OP=O)C(N)C(CC(=O)OC(C)(C)C)c1ccc(Cl)c(N)c1. The van der Waals surface area contributed by atoms with Crippen molar-refractivity contribution in [3.8, 4) is 0 Å². The van der Waals surface area contributed by atoms with Gasteiger partial charge in [0.25, 0.3) is 0 Å². The van der Waals surface area contributed by atoms with Crippen LogP contribution in [0.5, 0.6) is 0 Å². The number of nitrogen functional groups attached to an aromatic ring is 1. The van der Waals surface area contributed by atoms with Crippen LogP contribution in [0.1, 0.15) is 66.4 Å². The molecule has 0 bridgehead atoms. The summed E-state index contributed by atoms with van der Waals surface area (Å²) >= 11 is 6.10. The van der Waals surface area contributed by atoms with Crippen molar-refractivity contribution in [1.82, 2.24) is 0 Å². The first-order valence-electron chi connectivity index (χ1n) is 10.6. The van der Waals surface area contributed by atoms with E-state index in [1.165, 1.54) is 0 Å². The first-order chi connectivity index (χ1) is 14.7. The molecular formula is C22H36ClN2O6P. The molecule has 0 spiro atoms. The normalized spacial score (nSPS) is 16.4. The quantitative estimate of drug-likeness (QED) is 0.185. The monoisotopic (exact) mass is 490 g/mol. The Hall–Kier alpha value is -1.28. The summed E-state index contributed by atoms with van der Waals surface area (Å²) in [5.41, 5.74) is 11.7. The van der Waals surface area contributed by atoms with E-state index in [4.69, 9.17) is 41.8 Å². The van der Waals surface area contributed by atoms with Gasteiger partial charge in [0.15, 0.2) is 5.79 Å². The first-order valence-corrected chi connectivity index (χ1v) is 11.7. The van der Waals surface area contributed by atoms with Gasteiger partial charge in [-0.25, -0.2) is 4.57 Å². The summed E-state index contributed by atoms with van der Waals surface area (Å²) in [6.45, 7) is 12.9. The minimum atomic E-state index is -1.43. The van der Waals surface area contributed by atoms with Crippen LogP contribution in [-0.4, -0.2) is 42.2 Å². The third-order valence-corrected chi connectivity index (χ3v) is 6.09. The molecule has 1 rings (SSSR count). The van der Waals surface area contributed by atoms with Crippen molar-refractivity contribution in [2.45, 2.75) is 83.8 Å². The lowest BCUT2D eigenvalue weighted by atomic mass is 9.76. The Balaban J connectivity index is 3.56. The molecule has 0 heterocycles. The predicted octanol–water partition coefficient (Wildman–Crippen LogP) is 4.84. The Morgan fingerprint density at radius 3 is 2.12 bits per heavy atom. The van der Waals surface area contributed by atoms with Crippen molar-refractivity contribution < 1.29 is 28.1 Å². The molecule has 0 saturated heterocycles. The largest absolute Gasteiger partial charge is 0.460 e. The summed E-state index contributed by atoms with van der Waals surface area (Å²) < 4.78 is 34.6. The van der Waals surface area contributed by atoms with Crippen LogP contribution in [-0.2, 0) is 28.1 Å². The second-order valence-electron chi connectivity index (χ2n) is 8.79. The molecule has 0 aliphatic rings. The number of nitrogens with two attached hydrogens (primary N) is 2. The van der Waals surface area contributed by atoms with Gasteiger partial charge in [0.2, 0.25) is 0 Å². The Morgan fingerprint density at radius 2 is 1.69 bits per heavy atom. The van der Waals surface area contributed by atoms with Crippen molar-refractivity contribution in [3.63, 3.8) is 0 Å². The van der Waals surface area contributed by atoms with E-state index < -0.39 is 43.6 Å². The molecule has 0 saturated carbocycles. The van der Waals surface area contributed by atoms with Gasteiger partial charge in [0.05, 0.1) is 17.1 Å². The van der Waals surface area contributed by atoms with Gasteiger partial charge < -0.3 is 25.7 Å². The van der Waals surface area contributed by atoms with E-state index in [9.17, 15) is 9.36 Å². The number of hydrogen-bond acceptors (Lipinski definition) is 8. The van der Waals surface area contributed by atoms with Crippen LogP contribution in [0.25, 0.3) is 0 Å². The standard InChI is InChI=1S/C22H36ClN2O6P/c1-8-28-22(7,29-9-2)21(6,31-32-27)19(25)15(13-18(26)30-20(3,4)5)14-10-11-16(23)17(24)12-14/h10-12,15,19H,8-9,13,24-25H2,1-7H3. The van der Waals surface area contributed by atoms with Gasteiger partial charge in [-0.3, -0.25) is 9.32 Å². The number of esters is 1. The van der Waals surface area contributed by atoms with Crippen LogP contribution < -0.4 is 11.5 Å². The van der Waals surface area contributed by atoms with Crippen LogP contribution in [0.2, 0.25) is 5.02 Å². The van der Waals surface area contributed by atoms with Gasteiger partial charge >= 0.3 is 14.7 Å². The molecule has 0 fully saturated rings. The van der Waals surface area contributed by atoms with E-state index in [1.54, 1.807) is 66.7 Å². The van der Waals surface area contributed by atoms with E-state index in [-0.39, 0.29) is 6.42 Å². The van der Waals surface area contributed by atoms with E-state index in [0.29, 0.717) is 29.5 Å². The van der Waals surface area contributed by atoms with Crippen molar-refractivity contribution in [1.29, 1.82) is 0 Å². The Labute approximate surface area is 197 Å². The van der Waals surface area contributed by atoms with E-state index in [1.807, 2.05) is 0 Å². The first kappa shape index (κ1) is 28.8. The van der Waals surface area contributed by atoms with Crippen LogP contribution in [0.4, 0.5) is 5.69 Å². The topological polar surface area (TPSA) is 123 Å². The zero-order valence-electron chi connectivity index (χ0n) is 19.9. The highest BCUT2D eigenvalue weighted by Crippen LogP contribution is 2.42. The van der Waals surface area contributed by atoms with Crippen LogP contribution in [0.3, 0.4) is 0 Å². The zero-order chi connectivity index (χ0) is 24.7. The molecular weight excluding hydrogens is 455 g/mol. The molecule has 3 atom stereocenters. The third-order valence-electron chi connectivity index (χ3n) is 5.29. The lowest BCUT2D eigenvalue weighted by Gasteiger charge is -2.48. The molecule has 8 nitrogen and oxygen atoms in total. The number of ether oxygens (including phenoxy) is 3. The lowest BCUT2D eigenvalue weighted by Crippen LogP contribution is -2.65. The fraction of sp³-hybridized carbons (Fsp3) is 0.682. The number of hydrogen-bond donors (Lipinski definition) is 2. The summed E-state index contributed by atoms with van der Waals surface area (Å²) in [5, 5.41) is 0.379.